The van der Waals surface area contributed by atoms with Crippen molar-refractivity contribution in [2.45, 2.75) is 32.2 Å². The van der Waals surface area contributed by atoms with Crippen LogP contribution in [0.1, 0.15) is 23.6 Å². The Labute approximate surface area is 158 Å². The predicted molar refractivity (Wildman–Crippen MR) is 101 cm³/mol. The van der Waals surface area contributed by atoms with Gasteiger partial charge in [0.25, 0.3) is 0 Å². The number of sulfonamides is 1. The van der Waals surface area contributed by atoms with Crippen molar-refractivity contribution in [2.24, 2.45) is 0 Å². The van der Waals surface area contributed by atoms with Gasteiger partial charge in [-0.25, -0.2) is 13.1 Å². The molecule has 0 saturated carbocycles. The third-order valence-corrected chi connectivity index (χ3v) is 5.56. The van der Waals surface area contributed by atoms with Gasteiger partial charge in [0, 0.05) is 6.54 Å². The van der Waals surface area contributed by atoms with Gasteiger partial charge in [-0.1, -0.05) is 35.9 Å². The maximum absolute atomic E-state index is 12.3. The first kappa shape index (κ1) is 19.2. The number of aryl methyl sites for hydroxylation is 1. The van der Waals surface area contributed by atoms with Crippen molar-refractivity contribution < 1.29 is 22.7 Å². The lowest BCUT2D eigenvalue weighted by Crippen LogP contribution is -2.44. The van der Waals surface area contributed by atoms with Crippen molar-refractivity contribution in [3.63, 3.8) is 0 Å². The molecule has 2 N–H and O–H groups in total. The van der Waals surface area contributed by atoms with Gasteiger partial charge in [0.2, 0.25) is 22.7 Å². The number of nitrogens with one attached hydrogen (secondary N) is 2. The third kappa shape index (κ3) is 5.21. The number of carbonyl (C=O) groups excluding carboxylic acids is 1. The largest absolute Gasteiger partial charge is 0.454 e. The van der Waals surface area contributed by atoms with Crippen LogP contribution in [0.5, 0.6) is 11.5 Å². The van der Waals surface area contributed by atoms with Crippen LogP contribution in [-0.2, 0) is 27.1 Å². The second-order valence-electron chi connectivity index (χ2n) is 6.49. The maximum atomic E-state index is 12.3. The molecule has 27 heavy (non-hydrogen) atoms. The molecule has 0 aromatic heterocycles. The fraction of sp³-hybridized carbons (Fsp3) is 0.316. The topological polar surface area (TPSA) is 93.7 Å². The predicted octanol–water partition coefficient (Wildman–Crippen LogP) is 1.85. The van der Waals surface area contributed by atoms with E-state index in [1.165, 1.54) is 6.92 Å². The minimum atomic E-state index is -3.63. The van der Waals surface area contributed by atoms with Gasteiger partial charge in [-0.2, -0.15) is 0 Å². The molecule has 0 unspecified atom stereocenters. The molecule has 1 aliphatic heterocycles. The van der Waals surface area contributed by atoms with Crippen LogP contribution < -0.4 is 19.5 Å². The van der Waals surface area contributed by atoms with E-state index in [-0.39, 0.29) is 19.1 Å². The molecule has 0 radical (unpaired) electrons. The van der Waals surface area contributed by atoms with Crippen molar-refractivity contribution in [1.29, 1.82) is 0 Å². The monoisotopic (exact) mass is 390 g/mol. The molecule has 2 aromatic rings. The number of fused-ring (bicyclic) bond motifs is 1. The van der Waals surface area contributed by atoms with Crippen LogP contribution in [0, 0.1) is 6.92 Å². The maximum Gasteiger partial charge on any atom is 0.238 e. The van der Waals surface area contributed by atoms with Gasteiger partial charge >= 0.3 is 0 Å². The van der Waals surface area contributed by atoms with E-state index in [1.54, 1.807) is 24.3 Å². The molecule has 3 rings (SSSR count). The normalized spacial score (nSPS) is 14.0. The Morgan fingerprint density at radius 1 is 1.07 bits per heavy atom. The van der Waals surface area contributed by atoms with E-state index in [2.05, 4.69) is 10.0 Å². The smallest absolute Gasteiger partial charge is 0.238 e. The van der Waals surface area contributed by atoms with E-state index < -0.39 is 22.0 Å². The minimum absolute atomic E-state index is 0.174. The van der Waals surface area contributed by atoms with Gasteiger partial charge in [-0.3, -0.25) is 4.79 Å². The van der Waals surface area contributed by atoms with Crippen LogP contribution in [0.2, 0.25) is 0 Å². The number of hydrogen-bond donors (Lipinski definition) is 2. The number of benzene rings is 2. The van der Waals surface area contributed by atoms with E-state index in [4.69, 9.17) is 9.47 Å². The van der Waals surface area contributed by atoms with Crippen molar-refractivity contribution in [3.05, 3.63) is 59.2 Å². The summed E-state index contributed by atoms with van der Waals surface area (Å²) in [4.78, 5) is 12.2. The van der Waals surface area contributed by atoms with Crippen LogP contribution in [-0.4, -0.2) is 27.2 Å². The SMILES string of the molecule is Cc1ccc(CS(=O)(=O)N[C@@H](C)C(=O)NCc2ccc3c(c2)OCO3)cc1. The first-order chi connectivity index (χ1) is 12.8. The molecule has 1 atom stereocenters. The zero-order valence-corrected chi connectivity index (χ0v) is 16.0. The molecule has 8 heteroatoms. The molecule has 0 spiro atoms. The second kappa shape index (κ2) is 7.98. The van der Waals surface area contributed by atoms with Crippen LogP contribution in [0.25, 0.3) is 0 Å². The molecule has 1 aliphatic rings. The molecule has 0 bridgehead atoms. The Kier molecular flexibility index (Phi) is 5.67. The Bertz CT molecular complexity index is 926. The molecule has 144 valence electrons. The molecule has 2 aromatic carbocycles. The van der Waals surface area contributed by atoms with Crippen LogP contribution in [0.4, 0.5) is 0 Å². The van der Waals surface area contributed by atoms with Crippen molar-refractivity contribution in [1.82, 2.24) is 10.0 Å². The fourth-order valence-corrected chi connectivity index (χ4v) is 4.02. The summed E-state index contributed by atoms with van der Waals surface area (Å²) in [7, 11) is -3.63. The number of carbonyl (C=O) groups is 1. The Morgan fingerprint density at radius 3 is 2.48 bits per heavy atom. The first-order valence-corrected chi connectivity index (χ1v) is 10.2. The number of amides is 1. The van der Waals surface area contributed by atoms with Crippen molar-refractivity contribution in [2.75, 3.05) is 6.79 Å². The molecule has 1 amide bonds. The number of ether oxygens (including phenoxy) is 2. The summed E-state index contributed by atoms with van der Waals surface area (Å²) >= 11 is 0. The average molecular weight is 390 g/mol. The molecule has 1 heterocycles. The standard InChI is InChI=1S/C19H22N2O5S/c1-13-3-5-15(6-4-13)11-27(23,24)21-14(2)19(22)20-10-16-7-8-17-18(9-16)26-12-25-17/h3-9,14,21H,10-12H2,1-2H3,(H,20,22)/t14-/m0/s1. The highest BCUT2D eigenvalue weighted by Crippen LogP contribution is 2.32. The van der Waals surface area contributed by atoms with Crippen LogP contribution >= 0.6 is 0 Å². The highest BCUT2D eigenvalue weighted by molar-refractivity contribution is 7.88. The molecular formula is C19H22N2O5S. The zero-order chi connectivity index (χ0) is 19.4. The lowest BCUT2D eigenvalue weighted by molar-refractivity contribution is -0.122. The van der Waals surface area contributed by atoms with Crippen molar-refractivity contribution >= 4 is 15.9 Å². The van der Waals surface area contributed by atoms with Gasteiger partial charge in [0.05, 0.1) is 11.8 Å². The molecule has 0 fully saturated rings. The summed E-state index contributed by atoms with van der Waals surface area (Å²) in [6.45, 7) is 3.90. The van der Waals surface area contributed by atoms with E-state index in [0.29, 0.717) is 17.1 Å². The van der Waals surface area contributed by atoms with Gasteiger partial charge in [-0.15, -0.1) is 0 Å². The first-order valence-electron chi connectivity index (χ1n) is 8.54. The lowest BCUT2D eigenvalue weighted by Gasteiger charge is -2.15. The zero-order valence-electron chi connectivity index (χ0n) is 15.2. The van der Waals surface area contributed by atoms with E-state index in [9.17, 15) is 13.2 Å². The Hall–Kier alpha value is -2.58. The summed E-state index contributed by atoms with van der Waals surface area (Å²) in [5, 5.41) is 2.72. The third-order valence-electron chi connectivity index (χ3n) is 4.13. The Morgan fingerprint density at radius 2 is 1.74 bits per heavy atom. The van der Waals surface area contributed by atoms with E-state index in [0.717, 1.165) is 11.1 Å². The quantitative estimate of drug-likeness (QED) is 0.753. The molecular weight excluding hydrogens is 368 g/mol. The summed E-state index contributed by atoms with van der Waals surface area (Å²) in [6.07, 6.45) is 0. The summed E-state index contributed by atoms with van der Waals surface area (Å²) in [5.74, 6) is 0.726. The summed E-state index contributed by atoms with van der Waals surface area (Å²) in [6, 6.07) is 11.7. The van der Waals surface area contributed by atoms with Gasteiger partial charge < -0.3 is 14.8 Å². The lowest BCUT2D eigenvalue weighted by atomic mass is 10.2. The summed E-state index contributed by atoms with van der Waals surface area (Å²) < 4.78 is 37.5. The number of rotatable bonds is 7. The van der Waals surface area contributed by atoms with E-state index >= 15 is 0 Å². The minimum Gasteiger partial charge on any atom is -0.454 e. The van der Waals surface area contributed by atoms with Gasteiger partial charge in [-0.05, 0) is 37.1 Å². The van der Waals surface area contributed by atoms with Gasteiger partial charge in [0.15, 0.2) is 11.5 Å². The highest BCUT2D eigenvalue weighted by atomic mass is 32.2. The second-order valence-corrected chi connectivity index (χ2v) is 8.24. The van der Waals surface area contributed by atoms with Crippen LogP contribution in [0.15, 0.2) is 42.5 Å². The average Bonchev–Trinajstić information content (AvgIpc) is 3.08. The fourth-order valence-electron chi connectivity index (χ4n) is 2.66. The van der Waals surface area contributed by atoms with E-state index in [1.807, 2.05) is 25.1 Å². The van der Waals surface area contributed by atoms with Crippen LogP contribution in [0.3, 0.4) is 0 Å². The van der Waals surface area contributed by atoms with Crippen molar-refractivity contribution in [3.8, 4) is 11.5 Å². The highest BCUT2D eigenvalue weighted by Gasteiger charge is 2.21. The molecule has 0 saturated heterocycles. The van der Waals surface area contributed by atoms with Gasteiger partial charge in [0.1, 0.15) is 0 Å². The molecule has 7 nitrogen and oxygen atoms in total. The molecule has 0 aliphatic carbocycles. The summed E-state index contributed by atoms with van der Waals surface area (Å²) in [5.41, 5.74) is 2.56. The number of hydrogen-bond acceptors (Lipinski definition) is 5. The Balaban J connectivity index is 1.52.